The number of benzene rings is 1. The van der Waals surface area contributed by atoms with Gasteiger partial charge in [-0.25, -0.2) is 4.79 Å². The van der Waals surface area contributed by atoms with Crippen molar-refractivity contribution in [3.63, 3.8) is 0 Å². The molecule has 0 aliphatic heterocycles. The van der Waals surface area contributed by atoms with Crippen molar-refractivity contribution in [3.05, 3.63) is 41.6 Å². The maximum absolute atomic E-state index is 11.8. The van der Waals surface area contributed by atoms with Gasteiger partial charge in [0.05, 0.1) is 12.7 Å². The van der Waals surface area contributed by atoms with Crippen LogP contribution < -0.4 is 10.6 Å². The Hall–Kier alpha value is -3.34. The van der Waals surface area contributed by atoms with E-state index in [0.29, 0.717) is 11.3 Å². The number of rotatable bonds is 6. The van der Waals surface area contributed by atoms with Gasteiger partial charge in [-0.1, -0.05) is 6.07 Å². The van der Waals surface area contributed by atoms with E-state index in [2.05, 4.69) is 15.4 Å². The number of carboxylic acid groups (broad SMARTS) is 1. The fraction of sp³-hybridized carbons (Fsp3) is 0.200. The molecule has 8 heteroatoms. The van der Waals surface area contributed by atoms with Crippen LogP contribution in [-0.2, 0) is 14.3 Å². The van der Waals surface area contributed by atoms with E-state index in [1.54, 1.807) is 24.3 Å². The fourth-order valence-electron chi connectivity index (χ4n) is 1.49. The largest absolute Gasteiger partial charge is 0.480 e. The van der Waals surface area contributed by atoms with Gasteiger partial charge in [-0.2, -0.15) is 5.26 Å². The van der Waals surface area contributed by atoms with E-state index in [9.17, 15) is 14.4 Å². The van der Waals surface area contributed by atoms with Gasteiger partial charge < -0.3 is 20.5 Å². The minimum atomic E-state index is -1.21. The molecule has 0 radical (unpaired) electrons. The van der Waals surface area contributed by atoms with Gasteiger partial charge in [0, 0.05) is 11.9 Å². The van der Waals surface area contributed by atoms with Crippen molar-refractivity contribution in [2.45, 2.75) is 13.0 Å². The van der Waals surface area contributed by atoms with Gasteiger partial charge in [0.2, 0.25) is 0 Å². The standard InChI is InChI=1S/C15H15N3O5/c1-9(14(20)21)18-13(19)11(7-16)8-17-12-5-3-4-10(6-12)15(22)23-2/h3-6,8-9,17H,1-2H3,(H,18,19)(H,20,21)/b11-8-. The molecule has 23 heavy (non-hydrogen) atoms. The van der Waals surface area contributed by atoms with Crippen molar-refractivity contribution in [2.24, 2.45) is 0 Å². The lowest BCUT2D eigenvalue weighted by atomic mass is 10.2. The van der Waals surface area contributed by atoms with E-state index in [1.807, 2.05) is 0 Å². The first kappa shape index (κ1) is 17.7. The number of methoxy groups -OCH3 is 1. The number of nitrogens with zero attached hydrogens (tertiary/aromatic N) is 1. The van der Waals surface area contributed by atoms with Crippen LogP contribution in [0.2, 0.25) is 0 Å². The number of nitriles is 1. The summed E-state index contributed by atoms with van der Waals surface area (Å²) in [6.07, 6.45) is 1.13. The summed E-state index contributed by atoms with van der Waals surface area (Å²) < 4.78 is 4.59. The summed E-state index contributed by atoms with van der Waals surface area (Å²) in [5.41, 5.74) is 0.453. The smallest absolute Gasteiger partial charge is 0.337 e. The number of anilines is 1. The molecule has 0 fully saturated rings. The quantitative estimate of drug-likeness (QED) is 0.403. The highest BCUT2D eigenvalue weighted by Crippen LogP contribution is 2.12. The number of esters is 1. The SMILES string of the molecule is COC(=O)c1cccc(N/C=C(/C#N)C(=O)NC(C)C(=O)O)c1. The monoisotopic (exact) mass is 317 g/mol. The highest BCUT2D eigenvalue weighted by atomic mass is 16.5. The molecule has 0 aromatic heterocycles. The normalized spacial score (nSPS) is 11.8. The van der Waals surface area contributed by atoms with E-state index in [0.717, 1.165) is 6.20 Å². The van der Waals surface area contributed by atoms with Crippen LogP contribution in [-0.4, -0.2) is 36.1 Å². The molecule has 3 N–H and O–H groups in total. The number of amides is 1. The molecule has 1 aromatic rings. The van der Waals surface area contributed by atoms with Crippen molar-refractivity contribution >= 4 is 23.5 Å². The van der Waals surface area contributed by atoms with Crippen molar-refractivity contribution in [1.82, 2.24) is 5.32 Å². The van der Waals surface area contributed by atoms with Crippen molar-refractivity contribution in [1.29, 1.82) is 5.26 Å². The van der Waals surface area contributed by atoms with Crippen LogP contribution >= 0.6 is 0 Å². The summed E-state index contributed by atoms with van der Waals surface area (Å²) in [6, 6.07) is 6.79. The maximum Gasteiger partial charge on any atom is 0.337 e. The predicted octanol–water partition coefficient (Wildman–Crippen LogP) is 0.882. The summed E-state index contributed by atoms with van der Waals surface area (Å²) in [6.45, 7) is 1.28. The molecule has 0 bridgehead atoms. The van der Waals surface area contributed by atoms with E-state index in [1.165, 1.54) is 20.1 Å². The number of carboxylic acids is 1. The molecule has 1 amide bonds. The summed E-state index contributed by atoms with van der Waals surface area (Å²) >= 11 is 0. The molecule has 0 heterocycles. The van der Waals surface area contributed by atoms with Crippen molar-refractivity contribution in [3.8, 4) is 6.07 Å². The zero-order chi connectivity index (χ0) is 17.4. The molecule has 120 valence electrons. The lowest BCUT2D eigenvalue weighted by Crippen LogP contribution is -2.39. The molecule has 0 saturated heterocycles. The molecular weight excluding hydrogens is 302 g/mol. The topological polar surface area (TPSA) is 129 Å². The van der Waals surface area contributed by atoms with Gasteiger partial charge in [-0.05, 0) is 25.1 Å². The minimum absolute atomic E-state index is 0.299. The first-order chi connectivity index (χ1) is 10.9. The number of ether oxygens (including phenoxy) is 1. The average Bonchev–Trinajstić information content (AvgIpc) is 2.54. The second kappa shape index (κ2) is 8.19. The number of hydrogen-bond donors (Lipinski definition) is 3. The summed E-state index contributed by atoms with van der Waals surface area (Å²) in [4.78, 5) is 33.8. The first-order valence-corrected chi connectivity index (χ1v) is 6.48. The number of carbonyl (C=O) groups excluding carboxylic acids is 2. The molecule has 1 rings (SSSR count). The summed E-state index contributed by atoms with van der Waals surface area (Å²) in [5, 5.41) is 22.5. The number of carbonyl (C=O) groups is 3. The van der Waals surface area contributed by atoms with E-state index >= 15 is 0 Å². The van der Waals surface area contributed by atoms with E-state index < -0.39 is 23.9 Å². The molecular formula is C15H15N3O5. The maximum atomic E-state index is 11.8. The summed E-state index contributed by atoms with van der Waals surface area (Å²) in [5.74, 6) is -2.56. The highest BCUT2D eigenvalue weighted by molar-refractivity contribution is 5.99. The Balaban J connectivity index is 2.85. The molecule has 0 saturated carbocycles. The minimum Gasteiger partial charge on any atom is -0.480 e. The summed E-state index contributed by atoms with van der Waals surface area (Å²) in [7, 11) is 1.25. The average molecular weight is 317 g/mol. The predicted molar refractivity (Wildman–Crippen MR) is 80.3 cm³/mol. The van der Waals surface area contributed by atoms with Gasteiger partial charge in [0.25, 0.3) is 5.91 Å². The Kier molecular flexibility index (Phi) is 6.30. The van der Waals surface area contributed by atoms with Crippen molar-refractivity contribution in [2.75, 3.05) is 12.4 Å². The van der Waals surface area contributed by atoms with Gasteiger partial charge in [0.15, 0.2) is 0 Å². The Bertz CT molecular complexity index is 691. The van der Waals surface area contributed by atoms with Gasteiger partial charge in [0.1, 0.15) is 17.7 Å². The van der Waals surface area contributed by atoms with E-state index in [4.69, 9.17) is 10.4 Å². The lowest BCUT2D eigenvalue weighted by Gasteiger charge is -2.09. The number of hydrogen-bond acceptors (Lipinski definition) is 6. The van der Waals surface area contributed by atoms with Crippen LogP contribution in [0.3, 0.4) is 0 Å². The Morgan fingerprint density at radius 3 is 2.65 bits per heavy atom. The zero-order valence-electron chi connectivity index (χ0n) is 12.5. The second-order valence-electron chi connectivity index (χ2n) is 4.42. The van der Waals surface area contributed by atoms with E-state index in [-0.39, 0.29) is 5.57 Å². The van der Waals surface area contributed by atoms with Gasteiger partial charge in [-0.3, -0.25) is 9.59 Å². The lowest BCUT2D eigenvalue weighted by molar-refractivity contribution is -0.140. The molecule has 0 aliphatic rings. The first-order valence-electron chi connectivity index (χ1n) is 6.48. The molecule has 1 unspecified atom stereocenters. The Morgan fingerprint density at radius 1 is 1.39 bits per heavy atom. The molecule has 1 atom stereocenters. The zero-order valence-corrected chi connectivity index (χ0v) is 12.5. The van der Waals surface area contributed by atoms with Crippen molar-refractivity contribution < 1.29 is 24.2 Å². The third-order valence-electron chi connectivity index (χ3n) is 2.75. The Morgan fingerprint density at radius 2 is 2.09 bits per heavy atom. The van der Waals surface area contributed by atoms with Gasteiger partial charge >= 0.3 is 11.9 Å². The molecule has 0 spiro atoms. The third-order valence-corrected chi connectivity index (χ3v) is 2.75. The number of nitrogens with one attached hydrogen (secondary N) is 2. The second-order valence-corrected chi connectivity index (χ2v) is 4.42. The van der Waals surface area contributed by atoms with Crippen LogP contribution in [0.25, 0.3) is 0 Å². The third kappa shape index (κ3) is 5.17. The molecule has 1 aromatic carbocycles. The van der Waals surface area contributed by atoms with Gasteiger partial charge in [-0.15, -0.1) is 0 Å². The molecule has 0 aliphatic carbocycles. The highest BCUT2D eigenvalue weighted by Gasteiger charge is 2.17. The van der Waals surface area contributed by atoms with Crippen LogP contribution in [0.1, 0.15) is 17.3 Å². The van der Waals surface area contributed by atoms with Crippen LogP contribution in [0.15, 0.2) is 36.0 Å². The van der Waals surface area contributed by atoms with Crippen LogP contribution in [0.4, 0.5) is 5.69 Å². The van der Waals surface area contributed by atoms with Crippen LogP contribution in [0.5, 0.6) is 0 Å². The Labute approximate surface area is 132 Å². The number of aliphatic carboxylic acids is 1. The fourth-order valence-corrected chi connectivity index (χ4v) is 1.49. The molecule has 8 nitrogen and oxygen atoms in total. The van der Waals surface area contributed by atoms with Crippen LogP contribution in [0, 0.1) is 11.3 Å².